The number of likely N-dealkylation sites (N-methyl/N-ethyl adjacent to an activating group) is 1. The normalized spacial score (nSPS) is 24.8. The van der Waals surface area contributed by atoms with E-state index in [2.05, 4.69) is 0 Å². The van der Waals surface area contributed by atoms with Crippen molar-refractivity contribution in [2.45, 2.75) is 5.60 Å². The minimum Gasteiger partial charge on any atom is -0.497 e. The molecule has 7 nitrogen and oxygen atoms in total. The summed E-state index contributed by atoms with van der Waals surface area (Å²) in [4.78, 5) is 27.9. The van der Waals surface area contributed by atoms with Crippen LogP contribution in [0.5, 0.6) is 5.75 Å². The van der Waals surface area contributed by atoms with Crippen molar-refractivity contribution in [3.63, 3.8) is 0 Å². The van der Waals surface area contributed by atoms with Gasteiger partial charge in [-0.1, -0.05) is 0 Å². The highest BCUT2D eigenvalue weighted by Gasteiger charge is 2.42. The Kier molecular flexibility index (Phi) is 4.73. The lowest BCUT2D eigenvalue weighted by atomic mass is 10.0. The van der Waals surface area contributed by atoms with Crippen LogP contribution in [0.1, 0.15) is 10.4 Å². The van der Waals surface area contributed by atoms with Gasteiger partial charge in [-0.25, -0.2) is 0 Å². The van der Waals surface area contributed by atoms with Gasteiger partial charge in [-0.2, -0.15) is 0 Å². The molecule has 1 atom stereocenters. The molecule has 3 rings (SSSR count). The maximum atomic E-state index is 12.8. The molecule has 24 heavy (non-hydrogen) atoms. The van der Waals surface area contributed by atoms with Gasteiger partial charge >= 0.3 is 0 Å². The van der Waals surface area contributed by atoms with Crippen molar-refractivity contribution in [3.8, 4) is 5.75 Å². The van der Waals surface area contributed by atoms with E-state index in [1.54, 1.807) is 48.2 Å². The van der Waals surface area contributed by atoms with E-state index in [1.807, 2.05) is 0 Å². The predicted molar refractivity (Wildman–Crippen MR) is 86.0 cm³/mol. The second kappa shape index (κ2) is 6.78. The Labute approximate surface area is 141 Å². The fraction of sp³-hybridized carbons (Fsp3) is 0.529. The first-order valence-electron chi connectivity index (χ1n) is 7.92. The number of nitrogens with zero attached hydrogens (tertiary/aromatic N) is 2. The first-order chi connectivity index (χ1) is 11.5. The van der Waals surface area contributed by atoms with Crippen LogP contribution in [0.25, 0.3) is 0 Å². The summed E-state index contributed by atoms with van der Waals surface area (Å²) < 4.78 is 16.5. The molecule has 0 aliphatic carbocycles. The van der Waals surface area contributed by atoms with E-state index in [0.29, 0.717) is 44.2 Å². The Morgan fingerprint density at radius 1 is 1.25 bits per heavy atom. The third kappa shape index (κ3) is 3.37. The average Bonchev–Trinajstić information content (AvgIpc) is 2.73. The largest absolute Gasteiger partial charge is 0.497 e. The molecule has 1 spiro atoms. The fourth-order valence-corrected chi connectivity index (χ4v) is 3.12. The number of rotatable bonds is 2. The molecule has 2 heterocycles. The standard InChI is InChI=1S/C17H22N2O5/c1-18-10-17(12-23-9-15(18)20)11-19(7-8-24-17)16(21)13-3-5-14(22-2)6-4-13/h3-6H,7-12H2,1-2H3. The zero-order valence-corrected chi connectivity index (χ0v) is 14.0. The molecule has 0 aromatic heterocycles. The number of amides is 2. The second-order valence-corrected chi connectivity index (χ2v) is 6.23. The van der Waals surface area contributed by atoms with Gasteiger partial charge in [0.15, 0.2) is 0 Å². The average molecular weight is 334 g/mol. The summed E-state index contributed by atoms with van der Waals surface area (Å²) in [6.07, 6.45) is 0. The smallest absolute Gasteiger partial charge is 0.254 e. The first kappa shape index (κ1) is 16.7. The molecule has 0 bridgehead atoms. The van der Waals surface area contributed by atoms with Crippen LogP contribution in [0.3, 0.4) is 0 Å². The predicted octanol–water partition coefficient (Wildman–Crippen LogP) is 0.395. The summed E-state index contributed by atoms with van der Waals surface area (Å²) in [6.45, 7) is 2.11. The van der Waals surface area contributed by atoms with Crippen molar-refractivity contribution in [3.05, 3.63) is 29.8 Å². The maximum Gasteiger partial charge on any atom is 0.254 e. The highest BCUT2D eigenvalue weighted by atomic mass is 16.5. The van der Waals surface area contributed by atoms with Crippen LogP contribution >= 0.6 is 0 Å². The van der Waals surface area contributed by atoms with E-state index in [9.17, 15) is 9.59 Å². The van der Waals surface area contributed by atoms with Gasteiger partial charge in [-0.05, 0) is 24.3 Å². The van der Waals surface area contributed by atoms with E-state index in [1.165, 1.54) is 0 Å². The van der Waals surface area contributed by atoms with Gasteiger partial charge < -0.3 is 24.0 Å². The highest BCUT2D eigenvalue weighted by Crippen LogP contribution is 2.24. The number of carbonyl (C=O) groups excluding carboxylic acids is 2. The molecule has 1 aromatic carbocycles. The SMILES string of the molecule is COc1ccc(C(=O)N2CCOC3(COCC(=O)N(C)C3)C2)cc1. The minimum atomic E-state index is -0.665. The Morgan fingerprint density at radius 2 is 2.00 bits per heavy atom. The Balaban J connectivity index is 1.74. The van der Waals surface area contributed by atoms with Crippen LogP contribution in [0, 0.1) is 0 Å². The Hall–Kier alpha value is -2.12. The van der Waals surface area contributed by atoms with Gasteiger partial charge in [0.25, 0.3) is 5.91 Å². The van der Waals surface area contributed by atoms with Crippen molar-refractivity contribution in [1.82, 2.24) is 9.80 Å². The zero-order chi connectivity index (χ0) is 17.2. The van der Waals surface area contributed by atoms with Crippen molar-refractivity contribution in [2.24, 2.45) is 0 Å². The molecule has 2 fully saturated rings. The minimum absolute atomic E-state index is 0.0496. The number of hydrogen-bond acceptors (Lipinski definition) is 5. The van der Waals surface area contributed by atoms with Gasteiger partial charge in [0.05, 0.1) is 33.4 Å². The highest BCUT2D eigenvalue weighted by molar-refractivity contribution is 5.94. The molecule has 1 unspecified atom stereocenters. The Morgan fingerprint density at radius 3 is 2.71 bits per heavy atom. The van der Waals surface area contributed by atoms with E-state index < -0.39 is 5.60 Å². The third-order valence-electron chi connectivity index (χ3n) is 4.41. The Bertz CT molecular complexity index is 618. The molecule has 1 aromatic rings. The molecule has 2 aliphatic rings. The molecule has 0 radical (unpaired) electrons. The quantitative estimate of drug-likeness (QED) is 0.783. The third-order valence-corrected chi connectivity index (χ3v) is 4.41. The summed E-state index contributed by atoms with van der Waals surface area (Å²) in [7, 11) is 3.32. The molecule has 2 amide bonds. The lowest BCUT2D eigenvalue weighted by Gasteiger charge is -2.42. The monoisotopic (exact) mass is 334 g/mol. The van der Waals surface area contributed by atoms with Gasteiger partial charge in [-0.3, -0.25) is 9.59 Å². The number of ether oxygens (including phenoxy) is 3. The molecule has 0 N–H and O–H groups in total. The van der Waals surface area contributed by atoms with Crippen LogP contribution in [0.2, 0.25) is 0 Å². The summed E-state index contributed by atoms with van der Waals surface area (Å²) in [5, 5.41) is 0. The molecule has 130 valence electrons. The lowest BCUT2D eigenvalue weighted by Crippen LogP contribution is -2.59. The van der Waals surface area contributed by atoms with Gasteiger partial charge in [-0.15, -0.1) is 0 Å². The fourth-order valence-electron chi connectivity index (χ4n) is 3.12. The first-order valence-corrected chi connectivity index (χ1v) is 7.92. The number of morpholine rings is 1. The van der Waals surface area contributed by atoms with Gasteiger partial charge in [0.2, 0.25) is 5.91 Å². The molecule has 2 aliphatic heterocycles. The van der Waals surface area contributed by atoms with Crippen molar-refractivity contribution in [2.75, 3.05) is 53.6 Å². The zero-order valence-electron chi connectivity index (χ0n) is 14.0. The molecular formula is C17H22N2O5. The number of carbonyl (C=O) groups is 2. The van der Waals surface area contributed by atoms with Crippen LogP contribution in [-0.2, 0) is 14.3 Å². The van der Waals surface area contributed by atoms with Crippen molar-refractivity contribution in [1.29, 1.82) is 0 Å². The molecular weight excluding hydrogens is 312 g/mol. The number of methoxy groups -OCH3 is 1. The van der Waals surface area contributed by atoms with E-state index in [4.69, 9.17) is 14.2 Å². The van der Waals surface area contributed by atoms with Crippen LogP contribution < -0.4 is 4.74 Å². The van der Waals surface area contributed by atoms with Crippen molar-refractivity contribution >= 4 is 11.8 Å². The molecule has 2 saturated heterocycles. The number of benzene rings is 1. The lowest BCUT2D eigenvalue weighted by molar-refractivity contribution is -0.135. The summed E-state index contributed by atoms with van der Waals surface area (Å²) in [6, 6.07) is 7.04. The maximum absolute atomic E-state index is 12.8. The van der Waals surface area contributed by atoms with E-state index in [-0.39, 0.29) is 18.4 Å². The van der Waals surface area contributed by atoms with Gasteiger partial charge in [0.1, 0.15) is 18.0 Å². The number of hydrogen-bond donors (Lipinski definition) is 0. The summed E-state index contributed by atoms with van der Waals surface area (Å²) >= 11 is 0. The van der Waals surface area contributed by atoms with Crippen LogP contribution in [0.15, 0.2) is 24.3 Å². The van der Waals surface area contributed by atoms with E-state index >= 15 is 0 Å². The summed E-state index contributed by atoms with van der Waals surface area (Å²) in [5.74, 6) is 0.579. The second-order valence-electron chi connectivity index (χ2n) is 6.23. The van der Waals surface area contributed by atoms with Gasteiger partial charge in [0, 0.05) is 19.2 Å². The van der Waals surface area contributed by atoms with Crippen LogP contribution in [-0.4, -0.2) is 80.8 Å². The topological polar surface area (TPSA) is 68.3 Å². The van der Waals surface area contributed by atoms with E-state index in [0.717, 1.165) is 0 Å². The summed E-state index contributed by atoms with van der Waals surface area (Å²) in [5.41, 5.74) is -0.0618. The molecule has 7 heteroatoms. The molecule has 0 saturated carbocycles. The van der Waals surface area contributed by atoms with Crippen molar-refractivity contribution < 1.29 is 23.8 Å². The van der Waals surface area contributed by atoms with Crippen LogP contribution in [0.4, 0.5) is 0 Å².